The van der Waals surface area contributed by atoms with E-state index < -0.39 is 0 Å². The summed E-state index contributed by atoms with van der Waals surface area (Å²) in [7, 11) is 0. The van der Waals surface area contributed by atoms with Crippen molar-refractivity contribution in [1.29, 1.82) is 0 Å². The summed E-state index contributed by atoms with van der Waals surface area (Å²) in [6, 6.07) is 14.3. The van der Waals surface area contributed by atoms with Gasteiger partial charge in [0, 0.05) is 23.4 Å². The summed E-state index contributed by atoms with van der Waals surface area (Å²) in [5.74, 6) is 0.886. The quantitative estimate of drug-likeness (QED) is 0.309. The summed E-state index contributed by atoms with van der Waals surface area (Å²) in [4.78, 5) is 11.5. The molecule has 0 amide bonds. The van der Waals surface area contributed by atoms with Gasteiger partial charge in [-0.3, -0.25) is 9.36 Å². The van der Waals surface area contributed by atoms with E-state index in [4.69, 9.17) is 4.74 Å². The second kappa shape index (κ2) is 9.50. The molecule has 2 aromatic carbocycles. The van der Waals surface area contributed by atoms with E-state index in [0.717, 1.165) is 22.0 Å². The van der Waals surface area contributed by atoms with E-state index in [1.165, 1.54) is 23.9 Å². The summed E-state index contributed by atoms with van der Waals surface area (Å²) in [5.41, 5.74) is 2.87. The van der Waals surface area contributed by atoms with Gasteiger partial charge in [-0.05, 0) is 56.7 Å². The Labute approximate surface area is 167 Å². The van der Waals surface area contributed by atoms with Crippen molar-refractivity contribution in [1.82, 2.24) is 14.8 Å². The van der Waals surface area contributed by atoms with Gasteiger partial charge in [-0.2, -0.15) is 0 Å². The van der Waals surface area contributed by atoms with Crippen molar-refractivity contribution in [3.05, 3.63) is 59.9 Å². The highest BCUT2D eigenvalue weighted by Crippen LogP contribution is 2.28. The molecule has 5 nitrogen and oxygen atoms in total. The van der Waals surface area contributed by atoms with Gasteiger partial charge in [0.1, 0.15) is 5.82 Å². The first-order valence-electron chi connectivity index (χ1n) is 9.15. The van der Waals surface area contributed by atoms with Crippen LogP contribution in [0.2, 0.25) is 0 Å². The van der Waals surface area contributed by atoms with Crippen molar-refractivity contribution in [2.75, 3.05) is 12.4 Å². The van der Waals surface area contributed by atoms with Crippen LogP contribution in [0.4, 0.5) is 4.39 Å². The maximum atomic E-state index is 13.3. The van der Waals surface area contributed by atoms with Gasteiger partial charge in [-0.15, -0.1) is 10.2 Å². The monoisotopic (exact) mass is 399 g/mol. The van der Waals surface area contributed by atoms with E-state index in [9.17, 15) is 9.18 Å². The van der Waals surface area contributed by atoms with Crippen molar-refractivity contribution in [2.45, 2.75) is 31.8 Å². The number of hydrogen-bond acceptors (Lipinski definition) is 5. The molecule has 0 saturated carbocycles. The third-order valence-electron chi connectivity index (χ3n) is 4.09. The summed E-state index contributed by atoms with van der Waals surface area (Å²) >= 11 is 1.53. The zero-order chi connectivity index (χ0) is 19.9. The van der Waals surface area contributed by atoms with Gasteiger partial charge in [0.25, 0.3) is 0 Å². The molecule has 0 N–H and O–H groups in total. The molecular formula is C21H22FN3O2S. The number of rotatable bonds is 8. The molecule has 7 heteroatoms. The predicted molar refractivity (Wildman–Crippen MR) is 108 cm³/mol. The van der Waals surface area contributed by atoms with Crippen LogP contribution < -0.4 is 0 Å². The van der Waals surface area contributed by atoms with E-state index in [2.05, 4.69) is 10.2 Å². The van der Waals surface area contributed by atoms with Crippen molar-refractivity contribution in [2.24, 2.45) is 0 Å². The Morgan fingerprint density at radius 3 is 2.50 bits per heavy atom. The Balaban J connectivity index is 1.84. The molecule has 0 unspecified atom stereocenters. The van der Waals surface area contributed by atoms with Gasteiger partial charge in [-0.25, -0.2) is 4.39 Å². The average molecular weight is 399 g/mol. The molecule has 1 aromatic heterocycles. The third-order valence-corrected chi connectivity index (χ3v) is 5.10. The highest BCUT2D eigenvalue weighted by molar-refractivity contribution is 7.99. The van der Waals surface area contributed by atoms with E-state index in [-0.39, 0.29) is 11.8 Å². The van der Waals surface area contributed by atoms with Crippen molar-refractivity contribution in [3.8, 4) is 17.1 Å². The minimum Gasteiger partial charge on any atom is -0.466 e. The molecule has 0 saturated heterocycles. The molecule has 0 bridgehead atoms. The van der Waals surface area contributed by atoms with Crippen LogP contribution in [0.3, 0.4) is 0 Å². The Hall–Kier alpha value is -2.67. The first-order valence-corrected chi connectivity index (χ1v) is 10.1. The molecule has 0 spiro atoms. The summed E-state index contributed by atoms with van der Waals surface area (Å²) in [6.45, 7) is 4.23. The second-order valence-electron chi connectivity index (χ2n) is 6.24. The first-order chi connectivity index (χ1) is 13.6. The first kappa shape index (κ1) is 20.1. The van der Waals surface area contributed by atoms with Crippen LogP contribution in [0.15, 0.2) is 53.7 Å². The number of esters is 1. The fourth-order valence-electron chi connectivity index (χ4n) is 2.69. The van der Waals surface area contributed by atoms with Crippen LogP contribution in [0, 0.1) is 12.7 Å². The van der Waals surface area contributed by atoms with Crippen molar-refractivity contribution >= 4 is 17.7 Å². The maximum Gasteiger partial charge on any atom is 0.305 e. The highest BCUT2D eigenvalue weighted by Gasteiger charge is 2.16. The molecule has 0 aliphatic rings. The molecular weight excluding hydrogens is 377 g/mol. The number of hydrogen-bond donors (Lipinski definition) is 0. The smallest absolute Gasteiger partial charge is 0.305 e. The second-order valence-corrected chi connectivity index (χ2v) is 7.30. The van der Waals surface area contributed by atoms with E-state index >= 15 is 0 Å². The standard InChI is InChI=1S/C21H22FN3O2S/c1-3-27-19(26)5-4-14-28-21-24-23-20(16-8-10-17(22)11-9-16)25(21)18-12-6-15(2)7-13-18/h6-13H,3-5,14H2,1-2H3. The molecule has 146 valence electrons. The molecule has 1 heterocycles. The van der Waals surface area contributed by atoms with Crippen LogP contribution in [0.25, 0.3) is 17.1 Å². The highest BCUT2D eigenvalue weighted by atomic mass is 32.2. The number of thioether (sulfide) groups is 1. The van der Waals surface area contributed by atoms with Gasteiger partial charge in [-0.1, -0.05) is 29.5 Å². The summed E-state index contributed by atoms with van der Waals surface area (Å²) in [5, 5.41) is 9.40. The van der Waals surface area contributed by atoms with Crippen LogP contribution in [0.5, 0.6) is 0 Å². The number of ether oxygens (including phenoxy) is 1. The lowest BCUT2D eigenvalue weighted by Gasteiger charge is -2.11. The zero-order valence-corrected chi connectivity index (χ0v) is 16.7. The topological polar surface area (TPSA) is 57.0 Å². The van der Waals surface area contributed by atoms with E-state index in [1.807, 2.05) is 35.8 Å². The largest absolute Gasteiger partial charge is 0.466 e. The molecule has 28 heavy (non-hydrogen) atoms. The lowest BCUT2D eigenvalue weighted by atomic mass is 10.2. The van der Waals surface area contributed by atoms with Crippen molar-refractivity contribution in [3.63, 3.8) is 0 Å². The van der Waals surface area contributed by atoms with Gasteiger partial charge in [0.15, 0.2) is 11.0 Å². The minimum absolute atomic E-state index is 0.185. The minimum atomic E-state index is -0.293. The van der Waals surface area contributed by atoms with Gasteiger partial charge < -0.3 is 4.74 Å². The van der Waals surface area contributed by atoms with E-state index in [0.29, 0.717) is 31.0 Å². The maximum absolute atomic E-state index is 13.3. The normalized spacial score (nSPS) is 10.8. The fraction of sp³-hybridized carbons (Fsp3) is 0.286. The predicted octanol–water partition coefficient (Wildman–Crippen LogP) is 4.82. The lowest BCUT2D eigenvalue weighted by molar-refractivity contribution is -0.143. The van der Waals surface area contributed by atoms with Crippen LogP contribution in [-0.4, -0.2) is 33.1 Å². The Bertz CT molecular complexity index is 924. The Kier molecular flexibility index (Phi) is 6.81. The van der Waals surface area contributed by atoms with Gasteiger partial charge in [0.05, 0.1) is 6.61 Å². The molecule has 0 fully saturated rings. The lowest BCUT2D eigenvalue weighted by Crippen LogP contribution is -2.04. The SMILES string of the molecule is CCOC(=O)CCCSc1nnc(-c2ccc(F)cc2)n1-c1ccc(C)cc1. The van der Waals surface area contributed by atoms with Gasteiger partial charge >= 0.3 is 5.97 Å². The summed E-state index contributed by atoms with van der Waals surface area (Å²) < 4.78 is 20.2. The Morgan fingerprint density at radius 2 is 1.82 bits per heavy atom. The number of aryl methyl sites for hydroxylation is 1. The third kappa shape index (κ3) is 4.98. The number of carbonyl (C=O) groups is 1. The molecule has 0 atom stereocenters. The van der Waals surface area contributed by atoms with Crippen LogP contribution in [0.1, 0.15) is 25.3 Å². The zero-order valence-electron chi connectivity index (χ0n) is 15.9. The number of benzene rings is 2. The number of carbonyl (C=O) groups excluding carboxylic acids is 1. The fourth-order valence-corrected chi connectivity index (χ4v) is 3.58. The number of nitrogens with zero attached hydrogens (tertiary/aromatic N) is 3. The van der Waals surface area contributed by atoms with Crippen LogP contribution in [-0.2, 0) is 9.53 Å². The average Bonchev–Trinajstić information content (AvgIpc) is 3.10. The summed E-state index contributed by atoms with van der Waals surface area (Å²) in [6.07, 6.45) is 1.07. The Morgan fingerprint density at radius 1 is 1.11 bits per heavy atom. The molecule has 3 aromatic rings. The van der Waals surface area contributed by atoms with E-state index in [1.54, 1.807) is 19.1 Å². The molecule has 3 rings (SSSR count). The molecule has 0 aliphatic heterocycles. The van der Waals surface area contributed by atoms with Crippen molar-refractivity contribution < 1.29 is 13.9 Å². The van der Waals surface area contributed by atoms with Crippen LogP contribution >= 0.6 is 11.8 Å². The van der Waals surface area contributed by atoms with Gasteiger partial charge in [0.2, 0.25) is 0 Å². The number of halogens is 1. The molecule has 0 radical (unpaired) electrons. The molecule has 0 aliphatic carbocycles. The number of aromatic nitrogens is 3.